The van der Waals surface area contributed by atoms with E-state index in [9.17, 15) is 0 Å². The standard InChI is InChI=1S/C8H14N4S/c1-6-11-8(13-12-6)10-5-4-9-7-2-3-7/h7,9H,2-5H2,1H3,(H,10,11,12). The smallest absolute Gasteiger partial charge is 0.202 e. The van der Waals surface area contributed by atoms with Gasteiger partial charge >= 0.3 is 0 Å². The molecule has 0 aliphatic heterocycles. The van der Waals surface area contributed by atoms with E-state index >= 15 is 0 Å². The molecule has 0 spiro atoms. The molecule has 0 saturated heterocycles. The number of anilines is 1. The third-order valence-electron chi connectivity index (χ3n) is 1.94. The average molecular weight is 198 g/mol. The van der Waals surface area contributed by atoms with Gasteiger partial charge in [0.15, 0.2) is 0 Å². The number of aromatic nitrogens is 2. The highest BCUT2D eigenvalue weighted by molar-refractivity contribution is 7.09. The minimum absolute atomic E-state index is 0.790. The van der Waals surface area contributed by atoms with Crippen LogP contribution in [0.5, 0.6) is 0 Å². The molecule has 1 aromatic heterocycles. The molecule has 72 valence electrons. The summed E-state index contributed by atoms with van der Waals surface area (Å²) in [6.07, 6.45) is 2.69. The average Bonchev–Trinajstić information content (AvgIpc) is 2.84. The van der Waals surface area contributed by atoms with Crippen molar-refractivity contribution in [2.75, 3.05) is 18.4 Å². The van der Waals surface area contributed by atoms with Crippen LogP contribution in [-0.2, 0) is 0 Å². The number of hydrogen-bond donors (Lipinski definition) is 2. The first-order chi connectivity index (χ1) is 6.34. The molecule has 1 saturated carbocycles. The molecule has 1 aromatic rings. The Kier molecular flexibility index (Phi) is 2.75. The first-order valence-electron chi connectivity index (χ1n) is 4.62. The van der Waals surface area contributed by atoms with Crippen LogP contribution >= 0.6 is 11.5 Å². The number of rotatable bonds is 5. The predicted octanol–water partition coefficient (Wildman–Crippen LogP) is 1.01. The van der Waals surface area contributed by atoms with E-state index in [4.69, 9.17) is 0 Å². The molecule has 13 heavy (non-hydrogen) atoms. The zero-order valence-electron chi connectivity index (χ0n) is 7.71. The highest BCUT2D eigenvalue weighted by Gasteiger charge is 2.19. The highest BCUT2D eigenvalue weighted by atomic mass is 32.1. The van der Waals surface area contributed by atoms with Gasteiger partial charge in [-0.05, 0) is 19.8 Å². The summed E-state index contributed by atoms with van der Waals surface area (Å²) in [7, 11) is 0. The van der Waals surface area contributed by atoms with Crippen LogP contribution in [0.3, 0.4) is 0 Å². The van der Waals surface area contributed by atoms with Crippen molar-refractivity contribution in [3.05, 3.63) is 5.82 Å². The van der Waals surface area contributed by atoms with Crippen molar-refractivity contribution in [2.24, 2.45) is 0 Å². The Morgan fingerprint density at radius 3 is 2.92 bits per heavy atom. The summed E-state index contributed by atoms with van der Waals surface area (Å²) < 4.78 is 4.09. The number of aryl methyl sites for hydroxylation is 1. The van der Waals surface area contributed by atoms with E-state index in [0.29, 0.717) is 0 Å². The Morgan fingerprint density at radius 2 is 2.31 bits per heavy atom. The molecule has 0 atom stereocenters. The Labute approximate surface area is 81.9 Å². The molecule has 4 nitrogen and oxygen atoms in total. The lowest BCUT2D eigenvalue weighted by molar-refractivity contribution is 0.701. The molecule has 2 rings (SSSR count). The van der Waals surface area contributed by atoms with Crippen molar-refractivity contribution >= 4 is 16.7 Å². The zero-order chi connectivity index (χ0) is 9.10. The Hall–Kier alpha value is -0.680. The predicted molar refractivity (Wildman–Crippen MR) is 54.2 cm³/mol. The molecule has 1 heterocycles. The molecule has 1 fully saturated rings. The molecular formula is C8H14N4S. The zero-order valence-corrected chi connectivity index (χ0v) is 8.52. The molecule has 0 amide bonds. The van der Waals surface area contributed by atoms with Crippen LogP contribution in [0.4, 0.5) is 5.13 Å². The summed E-state index contributed by atoms with van der Waals surface area (Å²) in [5.74, 6) is 0.850. The van der Waals surface area contributed by atoms with Crippen molar-refractivity contribution in [2.45, 2.75) is 25.8 Å². The van der Waals surface area contributed by atoms with E-state index in [1.807, 2.05) is 6.92 Å². The SMILES string of the molecule is Cc1nsc(NCCNC2CC2)n1. The summed E-state index contributed by atoms with van der Waals surface area (Å²) in [4.78, 5) is 4.21. The quantitative estimate of drug-likeness (QED) is 0.693. The highest BCUT2D eigenvalue weighted by Crippen LogP contribution is 2.18. The minimum atomic E-state index is 0.790. The monoisotopic (exact) mass is 198 g/mol. The van der Waals surface area contributed by atoms with Gasteiger partial charge in [0.1, 0.15) is 5.82 Å². The third kappa shape index (κ3) is 2.93. The summed E-state index contributed by atoms with van der Waals surface area (Å²) in [6.45, 7) is 3.86. The van der Waals surface area contributed by atoms with E-state index in [-0.39, 0.29) is 0 Å². The summed E-state index contributed by atoms with van der Waals surface area (Å²) in [5, 5.41) is 7.58. The van der Waals surface area contributed by atoms with Gasteiger partial charge in [-0.1, -0.05) is 0 Å². The van der Waals surface area contributed by atoms with Crippen molar-refractivity contribution in [3.8, 4) is 0 Å². The maximum absolute atomic E-state index is 4.21. The fraction of sp³-hybridized carbons (Fsp3) is 0.750. The van der Waals surface area contributed by atoms with E-state index in [1.54, 1.807) is 0 Å². The van der Waals surface area contributed by atoms with Gasteiger partial charge in [-0.3, -0.25) is 0 Å². The third-order valence-corrected chi connectivity index (χ3v) is 2.70. The second kappa shape index (κ2) is 4.02. The first-order valence-corrected chi connectivity index (χ1v) is 5.39. The molecule has 5 heteroatoms. The van der Waals surface area contributed by atoms with Gasteiger partial charge in [0.2, 0.25) is 5.13 Å². The largest absolute Gasteiger partial charge is 0.359 e. The normalized spacial score (nSPS) is 16.1. The molecule has 1 aliphatic carbocycles. The van der Waals surface area contributed by atoms with Gasteiger partial charge in [0, 0.05) is 30.7 Å². The van der Waals surface area contributed by atoms with Crippen LogP contribution in [0.1, 0.15) is 18.7 Å². The second-order valence-electron chi connectivity index (χ2n) is 3.30. The van der Waals surface area contributed by atoms with E-state index in [0.717, 1.165) is 30.1 Å². The van der Waals surface area contributed by atoms with Gasteiger partial charge in [0.25, 0.3) is 0 Å². The topological polar surface area (TPSA) is 49.8 Å². The van der Waals surface area contributed by atoms with Gasteiger partial charge in [-0.15, -0.1) is 0 Å². The van der Waals surface area contributed by atoms with Crippen LogP contribution in [-0.4, -0.2) is 28.5 Å². The Morgan fingerprint density at radius 1 is 1.46 bits per heavy atom. The summed E-state index contributed by atoms with van der Waals surface area (Å²) >= 11 is 1.42. The fourth-order valence-electron chi connectivity index (χ4n) is 1.10. The molecule has 2 N–H and O–H groups in total. The van der Waals surface area contributed by atoms with Crippen LogP contribution in [0.2, 0.25) is 0 Å². The maximum Gasteiger partial charge on any atom is 0.202 e. The van der Waals surface area contributed by atoms with Crippen LogP contribution in [0.25, 0.3) is 0 Å². The van der Waals surface area contributed by atoms with Gasteiger partial charge in [-0.2, -0.15) is 4.37 Å². The molecule has 0 aromatic carbocycles. The fourth-order valence-corrected chi connectivity index (χ4v) is 1.70. The molecule has 0 radical (unpaired) electrons. The molecular weight excluding hydrogens is 184 g/mol. The Balaban J connectivity index is 1.61. The first kappa shape index (κ1) is 8.90. The minimum Gasteiger partial charge on any atom is -0.359 e. The van der Waals surface area contributed by atoms with Gasteiger partial charge < -0.3 is 10.6 Å². The number of nitrogens with one attached hydrogen (secondary N) is 2. The summed E-state index contributed by atoms with van der Waals surface area (Å²) in [5.41, 5.74) is 0. The molecule has 0 bridgehead atoms. The van der Waals surface area contributed by atoms with E-state index in [2.05, 4.69) is 20.0 Å². The maximum atomic E-state index is 4.21. The van der Waals surface area contributed by atoms with E-state index < -0.39 is 0 Å². The molecule has 1 aliphatic rings. The van der Waals surface area contributed by atoms with Gasteiger partial charge in [-0.25, -0.2) is 4.98 Å². The molecule has 0 unspecified atom stereocenters. The van der Waals surface area contributed by atoms with Gasteiger partial charge in [0.05, 0.1) is 0 Å². The van der Waals surface area contributed by atoms with Crippen molar-refractivity contribution in [1.29, 1.82) is 0 Å². The second-order valence-corrected chi connectivity index (χ2v) is 4.05. The lowest BCUT2D eigenvalue weighted by Crippen LogP contribution is -2.23. The van der Waals surface area contributed by atoms with Crippen molar-refractivity contribution < 1.29 is 0 Å². The number of nitrogens with zero attached hydrogens (tertiary/aromatic N) is 2. The lowest BCUT2D eigenvalue weighted by Gasteiger charge is -2.02. The Bertz CT molecular complexity index is 269. The van der Waals surface area contributed by atoms with Crippen LogP contribution in [0, 0.1) is 6.92 Å². The summed E-state index contributed by atoms with van der Waals surface area (Å²) in [6, 6.07) is 0.790. The number of hydrogen-bond acceptors (Lipinski definition) is 5. The van der Waals surface area contributed by atoms with E-state index in [1.165, 1.54) is 24.4 Å². The van der Waals surface area contributed by atoms with Crippen LogP contribution < -0.4 is 10.6 Å². The van der Waals surface area contributed by atoms with Crippen molar-refractivity contribution in [1.82, 2.24) is 14.7 Å². The van der Waals surface area contributed by atoms with Crippen LogP contribution in [0.15, 0.2) is 0 Å². The lowest BCUT2D eigenvalue weighted by atomic mass is 10.6. The van der Waals surface area contributed by atoms with Crippen molar-refractivity contribution in [3.63, 3.8) is 0 Å².